The second-order valence-corrected chi connectivity index (χ2v) is 13.2. The standard InChI is InChI=1S/C37H47N9O3.ClH/c1-24-21-30(35(47)39-19-4-20-46(2)3)15-18-32(24)27-9-5-25(6-10-27)22-33(41-36(48)29-11-7-26(23-38)8-12-29)37(49)40-31-16-13-28(14-17-31)34-42-44-45-43-34;/h5-6,9-10,13-18,21,26,29,33H,4,7-8,11-12,19-20,22-23,38H2,1-3H3,(H,39,47)(H,40,49)(H,41,48)(H,42,43,44,45);1H/t26-,29-,33-;/m0./s1. The highest BCUT2D eigenvalue weighted by Gasteiger charge is 2.29. The molecule has 0 unspecified atom stereocenters. The number of rotatable bonds is 14. The minimum Gasteiger partial charge on any atom is -0.352 e. The van der Waals surface area contributed by atoms with E-state index >= 15 is 0 Å². The topological polar surface area (TPSA) is 171 Å². The molecule has 1 atom stereocenters. The van der Waals surface area contributed by atoms with Crippen LogP contribution in [0.15, 0.2) is 66.7 Å². The van der Waals surface area contributed by atoms with Crippen LogP contribution >= 0.6 is 12.4 Å². The monoisotopic (exact) mass is 701 g/mol. The van der Waals surface area contributed by atoms with Gasteiger partial charge in [0.1, 0.15) is 6.04 Å². The Bertz CT molecular complexity index is 1690. The molecule has 0 spiro atoms. The first-order chi connectivity index (χ1) is 23.7. The summed E-state index contributed by atoms with van der Waals surface area (Å²) >= 11 is 0. The van der Waals surface area contributed by atoms with Crippen molar-refractivity contribution >= 4 is 35.8 Å². The Morgan fingerprint density at radius 2 is 1.66 bits per heavy atom. The van der Waals surface area contributed by atoms with E-state index < -0.39 is 6.04 Å². The summed E-state index contributed by atoms with van der Waals surface area (Å²) in [6, 6.07) is 20.1. The van der Waals surface area contributed by atoms with Crippen molar-refractivity contribution in [3.8, 4) is 22.5 Å². The van der Waals surface area contributed by atoms with Crippen LogP contribution in [0, 0.1) is 18.8 Å². The van der Waals surface area contributed by atoms with Gasteiger partial charge in [-0.15, -0.1) is 22.6 Å². The van der Waals surface area contributed by atoms with Gasteiger partial charge in [-0.05, 0) is 136 Å². The number of aromatic nitrogens is 4. The second kappa shape index (κ2) is 18.4. The van der Waals surface area contributed by atoms with Gasteiger partial charge in [0.25, 0.3) is 5.91 Å². The van der Waals surface area contributed by atoms with Crippen LogP contribution in [0.4, 0.5) is 5.69 Å². The first kappa shape index (κ1) is 38.2. The number of H-pyrrole nitrogens is 1. The molecule has 266 valence electrons. The predicted molar refractivity (Wildman–Crippen MR) is 198 cm³/mol. The third kappa shape index (κ3) is 10.4. The first-order valence-corrected chi connectivity index (χ1v) is 17.0. The number of nitrogens with two attached hydrogens (primary N) is 1. The molecule has 0 bridgehead atoms. The van der Waals surface area contributed by atoms with Crippen molar-refractivity contribution in [2.75, 3.05) is 39.0 Å². The van der Waals surface area contributed by atoms with E-state index in [1.165, 1.54) is 0 Å². The molecule has 3 aromatic carbocycles. The Hall–Kier alpha value is -4.65. The van der Waals surface area contributed by atoms with Crippen LogP contribution in [0.5, 0.6) is 0 Å². The van der Waals surface area contributed by atoms with Gasteiger partial charge in [0, 0.05) is 35.7 Å². The molecule has 1 heterocycles. The van der Waals surface area contributed by atoms with Crippen molar-refractivity contribution in [1.82, 2.24) is 36.2 Å². The lowest BCUT2D eigenvalue weighted by Gasteiger charge is -2.28. The predicted octanol–water partition coefficient (Wildman–Crippen LogP) is 4.38. The van der Waals surface area contributed by atoms with Crippen molar-refractivity contribution in [3.05, 3.63) is 83.4 Å². The van der Waals surface area contributed by atoms with Crippen LogP contribution in [-0.2, 0) is 16.0 Å². The van der Waals surface area contributed by atoms with Gasteiger partial charge >= 0.3 is 0 Å². The molecule has 5 rings (SSSR count). The molecular weight excluding hydrogens is 654 g/mol. The van der Waals surface area contributed by atoms with Crippen molar-refractivity contribution in [1.29, 1.82) is 0 Å². The third-order valence-electron chi connectivity index (χ3n) is 9.20. The lowest BCUT2D eigenvalue weighted by Crippen LogP contribution is -2.48. The van der Waals surface area contributed by atoms with E-state index in [0.29, 0.717) is 42.5 Å². The molecule has 0 radical (unpaired) electrons. The smallest absolute Gasteiger partial charge is 0.251 e. The SMILES string of the molecule is Cc1cc(C(=O)NCCCN(C)C)ccc1-c1ccc(C[C@H](NC(=O)[C@H]2CC[C@H](CN)CC2)C(=O)Nc2ccc(-c3nn[nH]n3)cc2)cc1.Cl. The highest BCUT2D eigenvalue weighted by molar-refractivity contribution is 5.98. The Balaban J connectivity index is 0.00000562. The van der Waals surface area contributed by atoms with Gasteiger partial charge < -0.3 is 26.6 Å². The molecule has 1 aromatic heterocycles. The van der Waals surface area contributed by atoms with E-state index in [4.69, 9.17) is 5.73 Å². The molecule has 1 aliphatic carbocycles. The molecule has 50 heavy (non-hydrogen) atoms. The minimum absolute atomic E-state index is 0. The zero-order chi connectivity index (χ0) is 34.8. The van der Waals surface area contributed by atoms with Crippen molar-refractivity contribution < 1.29 is 14.4 Å². The summed E-state index contributed by atoms with van der Waals surface area (Å²) in [5, 5.41) is 23.0. The van der Waals surface area contributed by atoms with E-state index in [1.807, 2.05) is 63.5 Å². The van der Waals surface area contributed by atoms with E-state index in [9.17, 15) is 14.4 Å². The molecule has 3 amide bonds. The number of aryl methyl sites for hydroxylation is 1. The highest BCUT2D eigenvalue weighted by atomic mass is 35.5. The summed E-state index contributed by atoms with van der Waals surface area (Å²) in [5.74, 6) is 0.293. The molecule has 0 saturated heterocycles. The fourth-order valence-corrected chi connectivity index (χ4v) is 6.26. The van der Waals surface area contributed by atoms with E-state index in [2.05, 4.69) is 41.5 Å². The summed E-state index contributed by atoms with van der Waals surface area (Å²) in [7, 11) is 4.03. The number of hydrogen-bond donors (Lipinski definition) is 5. The normalized spacial score (nSPS) is 16.3. The molecule has 6 N–H and O–H groups in total. The molecular formula is C37H48ClN9O3. The largest absolute Gasteiger partial charge is 0.352 e. The number of carbonyl (C=O) groups excluding carboxylic acids is 3. The van der Waals surface area contributed by atoms with Crippen LogP contribution in [0.1, 0.15) is 53.6 Å². The van der Waals surface area contributed by atoms with Crippen molar-refractivity contribution in [3.63, 3.8) is 0 Å². The van der Waals surface area contributed by atoms with Crippen LogP contribution in [-0.4, -0.2) is 83.0 Å². The number of nitrogens with zero attached hydrogens (tertiary/aromatic N) is 4. The number of aromatic amines is 1. The summed E-state index contributed by atoms with van der Waals surface area (Å²) in [6.07, 6.45) is 4.58. The molecule has 0 aliphatic heterocycles. The lowest BCUT2D eigenvalue weighted by atomic mass is 9.81. The Labute approximate surface area is 299 Å². The van der Waals surface area contributed by atoms with Gasteiger partial charge in [-0.25, -0.2) is 0 Å². The quantitative estimate of drug-likeness (QED) is 0.121. The Morgan fingerprint density at radius 1 is 0.960 bits per heavy atom. The molecule has 13 heteroatoms. The van der Waals surface area contributed by atoms with Gasteiger partial charge in [-0.1, -0.05) is 30.3 Å². The number of nitrogens with one attached hydrogen (secondary N) is 4. The van der Waals surface area contributed by atoms with E-state index in [0.717, 1.165) is 66.5 Å². The highest BCUT2D eigenvalue weighted by Crippen LogP contribution is 2.29. The van der Waals surface area contributed by atoms with Gasteiger partial charge in [-0.3, -0.25) is 14.4 Å². The maximum atomic E-state index is 13.7. The third-order valence-corrected chi connectivity index (χ3v) is 9.20. The molecule has 12 nitrogen and oxygen atoms in total. The van der Waals surface area contributed by atoms with Crippen LogP contribution in [0.3, 0.4) is 0 Å². The van der Waals surface area contributed by atoms with Crippen molar-refractivity contribution in [2.45, 2.75) is 51.5 Å². The summed E-state index contributed by atoms with van der Waals surface area (Å²) < 4.78 is 0. The second-order valence-electron chi connectivity index (χ2n) is 13.2. The molecule has 1 saturated carbocycles. The molecule has 4 aromatic rings. The van der Waals surface area contributed by atoms with Crippen LogP contribution < -0.4 is 21.7 Å². The summed E-state index contributed by atoms with van der Waals surface area (Å²) in [6.45, 7) is 4.18. The Kier molecular flexibility index (Phi) is 14.0. The fourth-order valence-electron chi connectivity index (χ4n) is 6.26. The van der Waals surface area contributed by atoms with Crippen LogP contribution in [0.25, 0.3) is 22.5 Å². The van der Waals surface area contributed by atoms with E-state index in [1.54, 1.807) is 24.3 Å². The van der Waals surface area contributed by atoms with E-state index in [-0.39, 0.29) is 36.0 Å². The average molecular weight is 702 g/mol. The van der Waals surface area contributed by atoms with Gasteiger partial charge in [0.05, 0.1) is 0 Å². The molecule has 1 aliphatic rings. The number of tetrazole rings is 1. The van der Waals surface area contributed by atoms with Gasteiger partial charge in [0.2, 0.25) is 17.6 Å². The number of benzene rings is 3. The fraction of sp³-hybridized carbons (Fsp3) is 0.405. The first-order valence-electron chi connectivity index (χ1n) is 17.0. The Morgan fingerprint density at radius 3 is 2.28 bits per heavy atom. The zero-order valence-corrected chi connectivity index (χ0v) is 29.8. The minimum atomic E-state index is -0.778. The van der Waals surface area contributed by atoms with Gasteiger partial charge in [0.15, 0.2) is 0 Å². The lowest BCUT2D eigenvalue weighted by molar-refractivity contribution is -0.130. The number of halogens is 1. The van der Waals surface area contributed by atoms with Crippen molar-refractivity contribution in [2.24, 2.45) is 17.6 Å². The average Bonchev–Trinajstić information content (AvgIpc) is 3.66. The maximum Gasteiger partial charge on any atom is 0.251 e. The number of hydrogen-bond acceptors (Lipinski definition) is 8. The number of amides is 3. The number of anilines is 1. The zero-order valence-electron chi connectivity index (χ0n) is 28.9. The summed E-state index contributed by atoms with van der Waals surface area (Å²) in [4.78, 5) is 41.8. The maximum absolute atomic E-state index is 13.7. The van der Waals surface area contributed by atoms with Gasteiger partial charge in [-0.2, -0.15) is 5.21 Å². The summed E-state index contributed by atoms with van der Waals surface area (Å²) in [5.41, 5.74) is 11.8. The van der Waals surface area contributed by atoms with Crippen LogP contribution in [0.2, 0.25) is 0 Å². The molecule has 1 fully saturated rings. The number of carbonyl (C=O) groups is 3.